The van der Waals surface area contributed by atoms with Crippen LogP contribution in [-0.2, 0) is 20.5 Å². The lowest BCUT2D eigenvalue weighted by molar-refractivity contribution is -0.142. The fourth-order valence-corrected chi connectivity index (χ4v) is 1.81. The fourth-order valence-electron chi connectivity index (χ4n) is 1.81. The molecule has 10 heteroatoms. The molecular formula is C15H17F3N2O5. The van der Waals surface area contributed by atoms with Gasteiger partial charge in [0.05, 0.1) is 12.1 Å². The highest BCUT2D eigenvalue weighted by atomic mass is 19.4. The van der Waals surface area contributed by atoms with Gasteiger partial charge in [-0.05, 0) is 24.3 Å². The number of benzene rings is 1. The van der Waals surface area contributed by atoms with Gasteiger partial charge in [0, 0.05) is 25.7 Å². The Morgan fingerprint density at radius 1 is 1.20 bits per heavy atom. The first kappa shape index (κ1) is 20.4. The van der Waals surface area contributed by atoms with Crippen molar-refractivity contribution in [1.82, 2.24) is 10.6 Å². The molecule has 7 nitrogen and oxygen atoms in total. The van der Waals surface area contributed by atoms with E-state index in [2.05, 4.69) is 10.6 Å². The number of rotatable bonds is 8. The lowest BCUT2D eigenvalue weighted by Crippen LogP contribution is -2.46. The van der Waals surface area contributed by atoms with Crippen molar-refractivity contribution in [1.29, 1.82) is 0 Å². The number of amides is 2. The molecule has 0 aliphatic carbocycles. The van der Waals surface area contributed by atoms with Gasteiger partial charge in [-0.25, -0.2) is 4.79 Å². The number of carboxylic acids is 1. The summed E-state index contributed by atoms with van der Waals surface area (Å²) in [5.74, 6) is -2.75. The number of carbonyl (C=O) groups is 3. The largest absolute Gasteiger partial charge is 0.480 e. The predicted octanol–water partition coefficient (Wildman–Crippen LogP) is 1.04. The topological polar surface area (TPSA) is 105 Å². The molecule has 1 atom stereocenters. The second kappa shape index (κ2) is 9.02. The van der Waals surface area contributed by atoms with E-state index in [-0.39, 0.29) is 18.6 Å². The average Bonchev–Trinajstić information content (AvgIpc) is 2.55. The van der Waals surface area contributed by atoms with E-state index in [0.29, 0.717) is 0 Å². The van der Waals surface area contributed by atoms with Crippen molar-refractivity contribution >= 4 is 17.8 Å². The van der Waals surface area contributed by atoms with Crippen molar-refractivity contribution in [2.75, 3.05) is 20.3 Å². The zero-order chi connectivity index (χ0) is 19.0. The molecule has 0 bridgehead atoms. The van der Waals surface area contributed by atoms with E-state index in [4.69, 9.17) is 9.84 Å². The van der Waals surface area contributed by atoms with Crippen LogP contribution in [0.1, 0.15) is 22.3 Å². The molecule has 0 aliphatic heterocycles. The van der Waals surface area contributed by atoms with Crippen molar-refractivity contribution in [3.63, 3.8) is 0 Å². The molecule has 1 aromatic rings. The number of methoxy groups -OCH3 is 1. The minimum Gasteiger partial charge on any atom is -0.480 e. The monoisotopic (exact) mass is 362 g/mol. The van der Waals surface area contributed by atoms with Gasteiger partial charge in [-0.15, -0.1) is 0 Å². The Kier molecular flexibility index (Phi) is 7.37. The van der Waals surface area contributed by atoms with E-state index in [1.807, 2.05) is 0 Å². The van der Waals surface area contributed by atoms with Gasteiger partial charge in [-0.2, -0.15) is 13.2 Å². The molecule has 1 aromatic carbocycles. The number of aliphatic carboxylic acids is 1. The summed E-state index contributed by atoms with van der Waals surface area (Å²) >= 11 is 0. The lowest BCUT2D eigenvalue weighted by Gasteiger charge is -2.14. The first-order chi connectivity index (χ1) is 11.6. The average molecular weight is 362 g/mol. The van der Waals surface area contributed by atoms with E-state index in [1.165, 1.54) is 7.11 Å². The highest BCUT2D eigenvalue weighted by Crippen LogP contribution is 2.28. The maximum Gasteiger partial charge on any atom is 0.416 e. The highest BCUT2D eigenvalue weighted by Gasteiger charge is 2.30. The van der Waals surface area contributed by atoms with Crippen molar-refractivity contribution < 1.29 is 37.4 Å². The Bertz CT molecular complexity index is 617. The molecule has 25 heavy (non-hydrogen) atoms. The van der Waals surface area contributed by atoms with Crippen LogP contribution in [0.2, 0.25) is 0 Å². The first-order valence-electron chi connectivity index (χ1n) is 7.11. The molecule has 1 unspecified atom stereocenters. The lowest BCUT2D eigenvalue weighted by atomic mass is 10.1. The number of carbonyl (C=O) groups excluding carboxylic acids is 2. The molecular weight excluding hydrogens is 345 g/mol. The Labute approximate surface area is 141 Å². The second-order valence-corrected chi connectivity index (χ2v) is 5.00. The van der Waals surface area contributed by atoms with Crippen LogP contribution in [0.3, 0.4) is 0 Å². The Hall–Kier alpha value is -2.62. The molecule has 2 amide bonds. The molecule has 0 fully saturated rings. The maximum absolute atomic E-state index is 12.4. The zero-order valence-electron chi connectivity index (χ0n) is 13.2. The molecule has 0 aromatic heterocycles. The van der Waals surface area contributed by atoms with Crippen LogP contribution >= 0.6 is 0 Å². The molecule has 0 saturated heterocycles. The number of carboxylic acid groups (broad SMARTS) is 1. The summed E-state index contributed by atoms with van der Waals surface area (Å²) in [6, 6.07) is 2.29. The molecule has 0 saturated carbocycles. The summed E-state index contributed by atoms with van der Waals surface area (Å²) in [6.45, 7) is -0.397. The summed E-state index contributed by atoms with van der Waals surface area (Å²) in [4.78, 5) is 34.4. The minimum atomic E-state index is -4.51. The Balaban J connectivity index is 2.55. The molecule has 138 valence electrons. The molecule has 1 rings (SSSR count). The highest BCUT2D eigenvalue weighted by molar-refractivity contribution is 5.96. The van der Waals surface area contributed by atoms with Crippen LogP contribution in [0.15, 0.2) is 24.3 Å². The van der Waals surface area contributed by atoms with Gasteiger partial charge in [0.15, 0.2) is 0 Å². The van der Waals surface area contributed by atoms with E-state index in [9.17, 15) is 27.6 Å². The Morgan fingerprint density at radius 3 is 2.28 bits per heavy atom. The van der Waals surface area contributed by atoms with E-state index >= 15 is 0 Å². The third-order valence-electron chi connectivity index (χ3n) is 3.13. The standard InChI is InChI=1S/C15H17F3N2O5/c1-25-7-6-11(14(23)24)20-12(21)8-19-13(22)9-2-4-10(5-3-9)15(16,17)18/h2-5,11H,6-8H2,1H3,(H,19,22)(H,20,21)(H,23,24). The number of ether oxygens (including phenoxy) is 1. The molecule has 0 spiro atoms. The third-order valence-corrected chi connectivity index (χ3v) is 3.13. The van der Waals surface area contributed by atoms with E-state index in [1.54, 1.807) is 0 Å². The number of nitrogens with one attached hydrogen (secondary N) is 2. The van der Waals surface area contributed by atoms with Gasteiger partial charge >= 0.3 is 12.1 Å². The molecule has 0 radical (unpaired) electrons. The summed E-state index contributed by atoms with van der Waals surface area (Å²) < 4.78 is 42.0. The summed E-state index contributed by atoms with van der Waals surface area (Å²) in [6.07, 6.45) is -4.46. The maximum atomic E-state index is 12.4. The van der Waals surface area contributed by atoms with Crippen molar-refractivity contribution in [2.45, 2.75) is 18.6 Å². The first-order valence-corrected chi connectivity index (χ1v) is 7.11. The molecule has 0 aliphatic rings. The van der Waals surface area contributed by atoms with Gasteiger partial charge in [0.1, 0.15) is 6.04 Å². The number of hydrogen-bond donors (Lipinski definition) is 3. The quantitative estimate of drug-likeness (QED) is 0.641. The van der Waals surface area contributed by atoms with E-state index in [0.717, 1.165) is 24.3 Å². The predicted molar refractivity (Wildman–Crippen MR) is 79.8 cm³/mol. The second-order valence-electron chi connectivity index (χ2n) is 5.00. The zero-order valence-corrected chi connectivity index (χ0v) is 13.2. The molecule has 0 heterocycles. The fraction of sp³-hybridized carbons (Fsp3) is 0.400. The van der Waals surface area contributed by atoms with Crippen molar-refractivity contribution in [3.05, 3.63) is 35.4 Å². The van der Waals surface area contributed by atoms with Crippen LogP contribution in [0, 0.1) is 0 Å². The van der Waals surface area contributed by atoms with Gasteiger partial charge in [-0.3, -0.25) is 9.59 Å². The van der Waals surface area contributed by atoms with Crippen molar-refractivity contribution in [3.8, 4) is 0 Å². The van der Waals surface area contributed by atoms with Gasteiger partial charge < -0.3 is 20.5 Å². The van der Waals surface area contributed by atoms with Crippen LogP contribution in [0.5, 0.6) is 0 Å². The normalized spacial score (nSPS) is 12.3. The summed E-state index contributed by atoms with van der Waals surface area (Å²) in [5, 5.41) is 13.4. The SMILES string of the molecule is COCCC(NC(=O)CNC(=O)c1ccc(C(F)(F)F)cc1)C(=O)O. The van der Waals surface area contributed by atoms with Crippen LogP contribution in [0.25, 0.3) is 0 Å². The number of hydrogen-bond acceptors (Lipinski definition) is 4. The minimum absolute atomic E-state index is 0.0461. The third kappa shape index (κ3) is 6.79. The smallest absolute Gasteiger partial charge is 0.416 e. The number of halogens is 3. The van der Waals surface area contributed by atoms with Gasteiger partial charge in [0.2, 0.25) is 5.91 Å². The summed E-state index contributed by atoms with van der Waals surface area (Å²) in [5.41, 5.74) is -0.959. The van der Waals surface area contributed by atoms with E-state index < -0.39 is 42.1 Å². The van der Waals surface area contributed by atoms with Crippen LogP contribution in [-0.4, -0.2) is 49.2 Å². The number of alkyl halides is 3. The Morgan fingerprint density at radius 2 is 1.80 bits per heavy atom. The van der Waals surface area contributed by atoms with Crippen molar-refractivity contribution in [2.24, 2.45) is 0 Å². The van der Waals surface area contributed by atoms with Crippen LogP contribution in [0.4, 0.5) is 13.2 Å². The van der Waals surface area contributed by atoms with Gasteiger partial charge in [0.25, 0.3) is 5.91 Å². The summed E-state index contributed by atoms with van der Waals surface area (Å²) in [7, 11) is 1.38. The molecule has 3 N–H and O–H groups in total. The van der Waals surface area contributed by atoms with Gasteiger partial charge in [-0.1, -0.05) is 0 Å². The van der Waals surface area contributed by atoms with Crippen LogP contribution < -0.4 is 10.6 Å².